The highest BCUT2D eigenvalue weighted by Crippen LogP contribution is 2.20. The van der Waals surface area contributed by atoms with E-state index >= 15 is 0 Å². The van der Waals surface area contributed by atoms with Crippen molar-refractivity contribution in [1.29, 1.82) is 0 Å². The van der Waals surface area contributed by atoms with Crippen LogP contribution in [0.2, 0.25) is 0 Å². The molecule has 0 spiro atoms. The van der Waals surface area contributed by atoms with Crippen molar-refractivity contribution in [3.63, 3.8) is 0 Å². The van der Waals surface area contributed by atoms with Crippen molar-refractivity contribution in [2.75, 3.05) is 17.6 Å². The molecule has 1 aromatic rings. The van der Waals surface area contributed by atoms with Crippen LogP contribution in [-0.4, -0.2) is 31.9 Å². The fraction of sp³-hybridized carbons (Fsp3) is 0.500. The molecule has 5 nitrogen and oxygen atoms in total. The van der Waals surface area contributed by atoms with Crippen LogP contribution >= 0.6 is 0 Å². The van der Waals surface area contributed by atoms with Crippen LogP contribution in [0.25, 0.3) is 0 Å². The summed E-state index contributed by atoms with van der Waals surface area (Å²) in [5, 5.41) is 5.69. The lowest BCUT2D eigenvalue weighted by atomic mass is 10.1. The number of para-hydroxylation sites is 1. The first kappa shape index (κ1) is 15.0. The molecule has 6 heteroatoms. The molecule has 0 bridgehead atoms. The largest absolute Gasteiger partial charge is 0.326 e. The summed E-state index contributed by atoms with van der Waals surface area (Å²) in [6.45, 7) is 2.48. The monoisotopic (exact) mass is 296 g/mol. The molecule has 0 radical (unpaired) electrons. The molecule has 1 amide bonds. The third kappa shape index (κ3) is 3.80. The second kappa shape index (κ2) is 6.37. The molecule has 1 aliphatic heterocycles. The van der Waals surface area contributed by atoms with Gasteiger partial charge in [-0.15, -0.1) is 0 Å². The molecular formula is C14H20N2O3S. The highest BCUT2D eigenvalue weighted by atomic mass is 32.2. The van der Waals surface area contributed by atoms with Gasteiger partial charge in [0.05, 0.1) is 11.0 Å². The van der Waals surface area contributed by atoms with Gasteiger partial charge in [-0.3, -0.25) is 4.79 Å². The average molecular weight is 296 g/mol. The maximum absolute atomic E-state index is 11.7. The molecule has 20 heavy (non-hydrogen) atoms. The summed E-state index contributed by atoms with van der Waals surface area (Å²) in [5.74, 6) is 0.192. The highest BCUT2D eigenvalue weighted by Gasteiger charge is 2.30. The second-order valence-corrected chi connectivity index (χ2v) is 7.50. The minimum atomic E-state index is -2.90. The van der Waals surface area contributed by atoms with Crippen LogP contribution in [-0.2, 0) is 21.2 Å². The Morgan fingerprint density at radius 1 is 1.35 bits per heavy atom. The molecule has 0 aromatic heterocycles. The maximum atomic E-state index is 11.7. The van der Waals surface area contributed by atoms with Crippen molar-refractivity contribution >= 4 is 21.4 Å². The van der Waals surface area contributed by atoms with Crippen LogP contribution in [0.15, 0.2) is 24.3 Å². The van der Waals surface area contributed by atoms with Gasteiger partial charge < -0.3 is 10.6 Å². The Hall–Kier alpha value is -1.40. The number of carbonyl (C=O) groups is 1. The van der Waals surface area contributed by atoms with Crippen molar-refractivity contribution < 1.29 is 13.2 Å². The molecule has 1 heterocycles. The van der Waals surface area contributed by atoms with Crippen molar-refractivity contribution in [3.8, 4) is 0 Å². The average Bonchev–Trinajstić information content (AvgIpc) is 2.70. The molecule has 110 valence electrons. The van der Waals surface area contributed by atoms with E-state index in [9.17, 15) is 13.2 Å². The summed E-state index contributed by atoms with van der Waals surface area (Å²) in [4.78, 5) is 11.1. The first-order chi connectivity index (χ1) is 9.49. The van der Waals surface area contributed by atoms with E-state index in [0.29, 0.717) is 18.8 Å². The Kier molecular flexibility index (Phi) is 4.77. The molecule has 1 atom stereocenters. The van der Waals surface area contributed by atoms with E-state index in [1.807, 2.05) is 24.3 Å². The summed E-state index contributed by atoms with van der Waals surface area (Å²) >= 11 is 0. The molecular weight excluding hydrogens is 276 g/mol. The number of carbonyl (C=O) groups excluding carboxylic acids is 1. The van der Waals surface area contributed by atoms with Crippen LogP contribution < -0.4 is 10.6 Å². The van der Waals surface area contributed by atoms with Crippen molar-refractivity contribution in [1.82, 2.24) is 5.32 Å². The first-order valence-electron chi connectivity index (χ1n) is 6.77. The highest BCUT2D eigenvalue weighted by molar-refractivity contribution is 7.92. The number of rotatable bonds is 5. The molecule has 1 unspecified atom stereocenters. The van der Waals surface area contributed by atoms with E-state index in [1.54, 1.807) is 0 Å². The minimum Gasteiger partial charge on any atom is -0.326 e. The Bertz CT molecular complexity index is 584. The van der Waals surface area contributed by atoms with Gasteiger partial charge in [-0.05, 0) is 24.5 Å². The molecule has 2 rings (SSSR count). The zero-order chi connectivity index (χ0) is 14.6. The van der Waals surface area contributed by atoms with E-state index in [1.165, 1.54) is 6.92 Å². The van der Waals surface area contributed by atoms with E-state index < -0.39 is 9.84 Å². The van der Waals surface area contributed by atoms with E-state index in [2.05, 4.69) is 10.6 Å². The van der Waals surface area contributed by atoms with Gasteiger partial charge in [0.15, 0.2) is 9.84 Å². The number of anilines is 1. The molecule has 1 fully saturated rings. The maximum Gasteiger partial charge on any atom is 0.221 e. The predicted molar refractivity (Wildman–Crippen MR) is 79.3 cm³/mol. The lowest BCUT2D eigenvalue weighted by Gasteiger charge is -2.13. The van der Waals surface area contributed by atoms with Gasteiger partial charge in [0.25, 0.3) is 0 Å². The topological polar surface area (TPSA) is 75.3 Å². The fourth-order valence-corrected chi connectivity index (χ4v) is 4.24. The zero-order valence-electron chi connectivity index (χ0n) is 11.6. The fourth-order valence-electron chi connectivity index (χ4n) is 2.44. The number of amides is 1. The lowest BCUT2D eigenvalue weighted by molar-refractivity contribution is -0.114. The first-order valence-corrected chi connectivity index (χ1v) is 8.48. The number of nitrogens with one attached hydrogen (secondary N) is 2. The van der Waals surface area contributed by atoms with Gasteiger partial charge in [-0.25, -0.2) is 8.42 Å². The standard InChI is InChI=1S/C14H20N2O3S/c1-11(17)16-14-7-3-2-5-12(14)9-15-10-13-6-4-8-20(13,18)19/h2-3,5,7,13,15H,4,6,8-10H2,1H3,(H,16,17). The van der Waals surface area contributed by atoms with Crippen LogP contribution in [0, 0.1) is 0 Å². The van der Waals surface area contributed by atoms with E-state index in [0.717, 1.165) is 24.1 Å². The number of hydrogen-bond donors (Lipinski definition) is 2. The van der Waals surface area contributed by atoms with Crippen LogP contribution in [0.3, 0.4) is 0 Å². The Morgan fingerprint density at radius 2 is 2.10 bits per heavy atom. The zero-order valence-corrected chi connectivity index (χ0v) is 12.4. The van der Waals surface area contributed by atoms with Gasteiger partial charge in [0.2, 0.25) is 5.91 Å². The third-order valence-corrected chi connectivity index (χ3v) is 5.75. The van der Waals surface area contributed by atoms with Crippen molar-refractivity contribution in [3.05, 3.63) is 29.8 Å². The van der Waals surface area contributed by atoms with Crippen molar-refractivity contribution in [2.24, 2.45) is 0 Å². The van der Waals surface area contributed by atoms with Gasteiger partial charge in [-0.1, -0.05) is 18.2 Å². The second-order valence-electron chi connectivity index (χ2n) is 5.10. The smallest absolute Gasteiger partial charge is 0.221 e. The minimum absolute atomic E-state index is 0.115. The van der Waals surface area contributed by atoms with E-state index in [-0.39, 0.29) is 11.2 Å². The molecule has 1 saturated heterocycles. The van der Waals surface area contributed by atoms with E-state index in [4.69, 9.17) is 0 Å². The number of hydrogen-bond acceptors (Lipinski definition) is 4. The molecule has 0 aliphatic carbocycles. The summed E-state index contributed by atoms with van der Waals surface area (Å²) in [7, 11) is -2.90. The predicted octanol–water partition coefficient (Wildman–Crippen LogP) is 1.31. The normalized spacial score (nSPS) is 20.8. The molecule has 1 aromatic carbocycles. The quantitative estimate of drug-likeness (QED) is 0.859. The SMILES string of the molecule is CC(=O)Nc1ccccc1CNCC1CCCS1(=O)=O. The molecule has 2 N–H and O–H groups in total. The third-order valence-electron chi connectivity index (χ3n) is 3.48. The number of benzene rings is 1. The van der Waals surface area contributed by atoms with Gasteiger partial charge in [0, 0.05) is 25.7 Å². The van der Waals surface area contributed by atoms with Crippen LogP contribution in [0.5, 0.6) is 0 Å². The van der Waals surface area contributed by atoms with Gasteiger partial charge in [0.1, 0.15) is 0 Å². The van der Waals surface area contributed by atoms with Gasteiger partial charge in [-0.2, -0.15) is 0 Å². The van der Waals surface area contributed by atoms with Crippen LogP contribution in [0.4, 0.5) is 5.69 Å². The number of sulfone groups is 1. The summed E-state index contributed by atoms with van der Waals surface area (Å²) in [6, 6.07) is 7.51. The van der Waals surface area contributed by atoms with Gasteiger partial charge >= 0.3 is 0 Å². The van der Waals surface area contributed by atoms with Crippen LogP contribution in [0.1, 0.15) is 25.3 Å². The van der Waals surface area contributed by atoms with Crippen molar-refractivity contribution in [2.45, 2.75) is 31.6 Å². The Labute approximate surface area is 119 Å². The summed E-state index contributed by atoms with van der Waals surface area (Å²) in [6.07, 6.45) is 1.50. The lowest BCUT2D eigenvalue weighted by Crippen LogP contribution is -2.30. The summed E-state index contributed by atoms with van der Waals surface area (Å²) < 4.78 is 23.4. The molecule has 1 aliphatic rings. The Balaban J connectivity index is 1.93. The molecule has 0 saturated carbocycles. The Morgan fingerprint density at radius 3 is 2.75 bits per heavy atom. The summed E-state index contributed by atoms with van der Waals surface area (Å²) in [5.41, 5.74) is 1.72.